The minimum atomic E-state index is -0.371. The van der Waals surface area contributed by atoms with Crippen molar-refractivity contribution in [2.75, 3.05) is 7.11 Å². The van der Waals surface area contributed by atoms with Crippen molar-refractivity contribution in [3.8, 4) is 27.5 Å². The number of esters is 1. The number of rotatable bonds is 4. The fourth-order valence-electron chi connectivity index (χ4n) is 2.71. The molecule has 4 rings (SSSR count). The molecule has 0 spiro atoms. The lowest BCUT2D eigenvalue weighted by Crippen LogP contribution is -1.99. The van der Waals surface area contributed by atoms with Crippen molar-refractivity contribution in [2.24, 2.45) is 0 Å². The largest absolute Gasteiger partial charge is 0.465 e. The number of hydrogen-bond acceptors (Lipinski definition) is 5. The Labute approximate surface area is 175 Å². The Bertz CT molecular complexity index is 1160. The lowest BCUT2D eigenvalue weighted by atomic mass is 10.2. The molecular weight excluding hydrogens is 417 g/mol. The number of carbonyl (C=O) groups is 1. The average Bonchev–Trinajstić information content (AvgIpc) is 3.37. The van der Waals surface area contributed by atoms with E-state index in [0.29, 0.717) is 14.9 Å². The van der Waals surface area contributed by atoms with E-state index in [1.165, 1.54) is 18.4 Å². The average molecular weight is 430 g/mol. The number of halogens is 2. The predicted molar refractivity (Wildman–Crippen MR) is 111 cm³/mol. The van der Waals surface area contributed by atoms with Crippen LogP contribution in [-0.4, -0.2) is 27.8 Å². The van der Waals surface area contributed by atoms with E-state index in [1.807, 2.05) is 30.3 Å². The molecule has 0 bridgehead atoms. The van der Waals surface area contributed by atoms with Crippen LogP contribution >= 0.6 is 34.5 Å². The molecule has 0 saturated heterocycles. The van der Waals surface area contributed by atoms with Gasteiger partial charge in [0.15, 0.2) is 0 Å². The normalized spacial score (nSPS) is 10.8. The molecule has 3 aromatic heterocycles. The smallest absolute Gasteiger partial charge is 0.348 e. The Morgan fingerprint density at radius 1 is 1.11 bits per heavy atom. The zero-order valence-electron chi connectivity index (χ0n) is 14.6. The van der Waals surface area contributed by atoms with Gasteiger partial charge in [-0.25, -0.2) is 9.48 Å². The van der Waals surface area contributed by atoms with Crippen LogP contribution in [0.15, 0.2) is 60.9 Å². The Morgan fingerprint density at radius 3 is 2.68 bits per heavy atom. The summed E-state index contributed by atoms with van der Waals surface area (Å²) in [5.41, 5.74) is 3.21. The monoisotopic (exact) mass is 429 g/mol. The second-order valence-corrected chi connectivity index (χ2v) is 7.72. The van der Waals surface area contributed by atoms with Gasteiger partial charge in [-0.2, -0.15) is 5.10 Å². The summed E-state index contributed by atoms with van der Waals surface area (Å²) in [5.74, 6) is -0.371. The number of aromatic nitrogens is 3. The maximum Gasteiger partial charge on any atom is 0.348 e. The standard InChI is InChI=1S/C20H13Cl2N3O2S/c1-27-20(26)19-7-6-18(28-19)17-10-16(12-3-2-8-23-11-12)24-25(17)13-4-5-14(21)15(22)9-13/h2-11H,1H3. The SMILES string of the molecule is COC(=O)c1ccc(-c2cc(-c3cccnc3)nn2-c2ccc(Cl)c(Cl)c2)s1. The number of carbonyl (C=O) groups excluding carboxylic acids is 1. The van der Waals surface area contributed by atoms with E-state index in [-0.39, 0.29) is 5.97 Å². The van der Waals surface area contributed by atoms with E-state index in [1.54, 1.807) is 35.3 Å². The Kier molecular flexibility index (Phi) is 5.17. The first-order valence-electron chi connectivity index (χ1n) is 8.21. The molecule has 0 aliphatic rings. The summed E-state index contributed by atoms with van der Waals surface area (Å²) in [5, 5.41) is 5.64. The molecule has 0 radical (unpaired) electrons. The summed E-state index contributed by atoms with van der Waals surface area (Å²) in [6.45, 7) is 0. The third kappa shape index (κ3) is 3.54. The van der Waals surface area contributed by atoms with E-state index >= 15 is 0 Å². The van der Waals surface area contributed by atoms with Crippen molar-refractivity contribution in [1.29, 1.82) is 0 Å². The highest BCUT2D eigenvalue weighted by molar-refractivity contribution is 7.17. The molecule has 5 nitrogen and oxygen atoms in total. The van der Waals surface area contributed by atoms with E-state index < -0.39 is 0 Å². The van der Waals surface area contributed by atoms with Gasteiger partial charge in [0.05, 0.1) is 39.1 Å². The summed E-state index contributed by atoms with van der Waals surface area (Å²) >= 11 is 13.6. The Morgan fingerprint density at radius 2 is 1.96 bits per heavy atom. The highest BCUT2D eigenvalue weighted by atomic mass is 35.5. The number of methoxy groups -OCH3 is 1. The molecule has 4 aromatic rings. The molecule has 0 atom stereocenters. The molecule has 0 N–H and O–H groups in total. The number of nitrogens with zero attached hydrogens (tertiary/aromatic N) is 3. The number of ether oxygens (including phenoxy) is 1. The fourth-order valence-corrected chi connectivity index (χ4v) is 3.93. The van der Waals surface area contributed by atoms with Crippen LogP contribution in [0.25, 0.3) is 27.5 Å². The van der Waals surface area contributed by atoms with Gasteiger partial charge in [-0.3, -0.25) is 4.98 Å². The second-order valence-electron chi connectivity index (χ2n) is 5.82. The molecule has 0 unspecified atom stereocenters. The summed E-state index contributed by atoms with van der Waals surface area (Å²) in [6.07, 6.45) is 3.46. The first-order chi connectivity index (χ1) is 13.6. The van der Waals surface area contributed by atoms with E-state index in [4.69, 9.17) is 33.0 Å². The van der Waals surface area contributed by atoms with Gasteiger partial charge in [0.25, 0.3) is 0 Å². The lowest BCUT2D eigenvalue weighted by molar-refractivity contribution is 0.0606. The molecular formula is C20H13Cl2N3O2S. The summed E-state index contributed by atoms with van der Waals surface area (Å²) in [7, 11) is 1.36. The van der Waals surface area contributed by atoms with Gasteiger partial charge in [0, 0.05) is 18.0 Å². The van der Waals surface area contributed by atoms with Gasteiger partial charge in [0.1, 0.15) is 4.88 Å². The molecule has 8 heteroatoms. The van der Waals surface area contributed by atoms with Crippen LogP contribution in [0, 0.1) is 0 Å². The number of benzene rings is 1. The van der Waals surface area contributed by atoms with Crippen molar-refractivity contribution in [3.63, 3.8) is 0 Å². The molecule has 0 aliphatic heterocycles. The third-order valence-electron chi connectivity index (χ3n) is 4.06. The topological polar surface area (TPSA) is 57.0 Å². The van der Waals surface area contributed by atoms with Gasteiger partial charge in [-0.1, -0.05) is 23.2 Å². The van der Waals surface area contributed by atoms with Crippen LogP contribution in [0.3, 0.4) is 0 Å². The molecule has 28 heavy (non-hydrogen) atoms. The van der Waals surface area contributed by atoms with Crippen molar-refractivity contribution >= 4 is 40.5 Å². The maximum absolute atomic E-state index is 11.8. The minimum absolute atomic E-state index is 0.371. The maximum atomic E-state index is 11.8. The van der Waals surface area contributed by atoms with Gasteiger partial charge in [-0.15, -0.1) is 11.3 Å². The highest BCUT2D eigenvalue weighted by Crippen LogP contribution is 2.34. The van der Waals surface area contributed by atoms with E-state index in [0.717, 1.165) is 27.5 Å². The van der Waals surface area contributed by atoms with E-state index in [2.05, 4.69) is 4.98 Å². The number of hydrogen-bond donors (Lipinski definition) is 0. The second kappa shape index (κ2) is 7.75. The van der Waals surface area contributed by atoms with Crippen molar-refractivity contribution in [2.45, 2.75) is 0 Å². The quantitative estimate of drug-likeness (QED) is 0.387. The summed E-state index contributed by atoms with van der Waals surface area (Å²) in [4.78, 5) is 17.4. The molecule has 1 aromatic carbocycles. The van der Waals surface area contributed by atoms with Crippen molar-refractivity contribution < 1.29 is 9.53 Å². The number of thiophene rings is 1. The summed E-state index contributed by atoms with van der Waals surface area (Å²) < 4.78 is 6.59. The van der Waals surface area contributed by atoms with E-state index in [9.17, 15) is 4.79 Å². The first-order valence-corrected chi connectivity index (χ1v) is 9.78. The molecule has 3 heterocycles. The van der Waals surface area contributed by atoms with Crippen LogP contribution in [0.1, 0.15) is 9.67 Å². The molecule has 0 saturated carbocycles. The summed E-state index contributed by atoms with van der Waals surface area (Å²) in [6, 6.07) is 14.7. The van der Waals surface area contributed by atoms with Crippen LogP contribution in [0.5, 0.6) is 0 Å². The third-order valence-corrected chi connectivity index (χ3v) is 5.89. The van der Waals surface area contributed by atoms with Crippen molar-refractivity contribution in [1.82, 2.24) is 14.8 Å². The predicted octanol–water partition coefficient (Wildman–Crippen LogP) is 5.76. The van der Waals surface area contributed by atoms with Gasteiger partial charge >= 0.3 is 5.97 Å². The van der Waals surface area contributed by atoms with Crippen LogP contribution in [0.4, 0.5) is 0 Å². The first kappa shape index (κ1) is 18.7. The Balaban J connectivity index is 1.88. The molecule has 0 amide bonds. The Hall–Kier alpha value is -2.67. The number of pyridine rings is 1. The molecule has 0 fully saturated rings. The highest BCUT2D eigenvalue weighted by Gasteiger charge is 2.17. The van der Waals surface area contributed by atoms with Crippen molar-refractivity contribution in [3.05, 3.63) is 75.8 Å². The fraction of sp³-hybridized carbons (Fsp3) is 0.0500. The van der Waals surface area contributed by atoms with Crippen LogP contribution < -0.4 is 0 Å². The minimum Gasteiger partial charge on any atom is -0.465 e. The van der Waals surface area contributed by atoms with Crippen LogP contribution in [0.2, 0.25) is 10.0 Å². The van der Waals surface area contributed by atoms with Gasteiger partial charge in [0.2, 0.25) is 0 Å². The molecule has 0 aliphatic carbocycles. The lowest BCUT2D eigenvalue weighted by Gasteiger charge is -2.07. The van der Waals surface area contributed by atoms with Gasteiger partial charge < -0.3 is 4.74 Å². The zero-order chi connectivity index (χ0) is 19.7. The molecule has 140 valence electrons. The zero-order valence-corrected chi connectivity index (χ0v) is 16.9. The van der Waals surface area contributed by atoms with Crippen LogP contribution in [-0.2, 0) is 4.74 Å². The van der Waals surface area contributed by atoms with Gasteiger partial charge in [-0.05, 0) is 48.5 Å².